The lowest BCUT2D eigenvalue weighted by molar-refractivity contribution is 0.185. The summed E-state index contributed by atoms with van der Waals surface area (Å²) < 4.78 is 12.8. The van der Waals surface area contributed by atoms with Gasteiger partial charge >= 0.3 is 0 Å². The van der Waals surface area contributed by atoms with Gasteiger partial charge in [-0.25, -0.2) is 4.98 Å². The van der Waals surface area contributed by atoms with Crippen LogP contribution in [0.3, 0.4) is 0 Å². The third-order valence-electron chi connectivity index (χ3n) is 5.50. The van der Waals surface area contributed by atoms with Crippen molar-refractivity contribution in [1.82, 2.24) is 14.9 Å². The van der Waals surface area contributed by atoms with Crippen LogP contribution in [0.25, 0.3) is 10.3 Å². The van der Waals surface area contributed by atoms with Gasteiger partial charge in [0.05, 0.1) is 4.70 Å². The van der Waals surface area contributed by atoms with Gasteiger partial charge in [-0.1, -0.05) is 22.9 Å². The summed E-state index contributed by atoms with van der Waals surface area (Å²) in [6.07, 6.45) is 4.13. The van der Waals surface area contributed by atoms with E-state index in [1.807, 2.05) is 60.3 Å². The number of benzene rings is 2. The first-order valence-electron chi connectivity index (χ1n) is 11.0. The van der Waals surface area contributed by atoms with Gasteiger partial charge in [-0.2, -0.15) is 4.98 Å². The molecule has 0 atom stereocenters. The zero-order valence-corrected chi connectivity index (χ0v) is 20.4. The number of thioether (sulfide) groups is 1. The SMILES string of the molecule is Clc1ccc(SC2CCN(CCOc3ccc(Oc4nc5ncccc5s4)cc3)CC2)cc1. The van der Waals surface area contributed by atoms with Crippen molar-refractivity contribution in [2.24, 2.45) is 0 Å². The fourth-order valence-corrected chi connectivity index (χ4v) is 5.79. The standard InChI is InChI=1S/C25H24ClN3O2S2/c26-18-3-9-21(10-4-18)32-22-11-14-29(15-12-22)16-17-30-19-5-7-20(8-6-19)31-25-28-24-23(33-25)2-1-13-27-24/h1-10,13,22H,11-12,14-17H2. The van der Waals surface area contributed by atoms with Gasteiger partial charge < -0.3 is 9.47 Å². The average Bonchev–Trinajstić information content (AvgIpc) is 3.25. The minimum absolute atomic E-state index is 0.593. The molecule has 0 aliphatic carbocycles. The minimum Gasteiger partial charge on any atom is -0.492 e. The topological polar surface area (TPSA) is 47.5 Å². The van der Waals surface area contributed by atoms with Crippen LogP contribution in [0.4, 0.5) is 0 Å². The number of aromatic nitrogens is 2. The molecule has 0 unspecified atom stereocenters. The quantitative estimate of drug-likeness (QED) is 0.267. The summed E-state index contributed by atoms with van der Waals surface area (Å²) in [4.78, 5) is 12.4. The normalized spacial score (nSPS) is 15.1. The molecule has 1 fully saturated rings. The van der Waals surface area contributed by atoms with Crippen LogP contribution in [-0.4, -0.2) is 46.4 Å². The van der Waals surface area contributed by atoms with E-state index in [9.17, 15) is 0 Å². The molecule has 0 radical (unpaired) electrons. The first-order valence-corrected chi connectivity index (χ1v) is 13.1. The Morgan fingerprint density at radius 1 is 1.00 bits per heavy atom. The van der Waals surface area contributed by atoms with Crippen LogP contribution in [0.1, 0.15) is 12.8 Å². The van der Waals surface area contributed by atoms with Crippen LogP contribution in [0, 0.1) is 0 Å². The molecule has 170 valence electrons. The molecule has 0 N–H and O–H groups in total. The highest BCUT2D eigenvalue weighted by molar-refractivity contribution is 8.00. The first kappa shape index (κ1) is 22.5. The Hall–Kier alpha value is -2.32. The number of piperidine rings is 1. The maximum absolute atomic E-state index is 5.98. The number of likely N-dealkylation sites (tertiary alicyclic amines) is 1. The second-order valence-electron chi connectivity index (χ2n) is 7.84. The number of hydrogen-bond acceptors (Lipinski definition) is 7. The second kappa shape index (κ2) is 10.7. The van der Waals surface area contributed by atoms with E-state index in [1.165, 1.54) is 29.1 Å². The van der Waals surface area contributed by atoms with E-state index in [0.717, 1.165) is 40.9 Å². The molecule has 1 saturated heterocycles. The number of fused-ring (bicyclic) bond motifs is 1. The lowest BCUT2D eigenvalue weighted by Gasteiger charge is -2.31. The highest BCUT2D eigenvalue weighted by Gasteiger charge is 2.20. The van der Waals surface area contributed by atoms with Gasteiger partial charge in [0.1, 0.15) is 18.1 Å². The van der Waals surface area contributed by atoms with Gasteiger partial charge in [0.25, 0.3) is 5.19 Å². The van der Waals surface area contributed by atoms with E-state index >= 15 is 0 Å². The molecular weight excluding hydrogens is 474 g/mol. The van der Waals surface area contributed by atoms with E-state index in [2.05, 4.69) is 27.0 Å². The molecule has 3 heterocycles. The summed E-state index contributed by atoms with van der Waals surface area (Å²) in [5.41, 5.74) is 0.713. The van der Waals surface area contributed by atoms with Crippen molar-refractivity contribution >= 4 is 45.0 Å². The molecule has 0 bridgehead atoms. The molecule has 0 spiro atoms. The van der Waals surface area contributed by atoms with E-state index in [0.29, 0.717) is 22.7 Å². The number of thiazole rings is 1. The van der Waals surface area contributed by atoms with Crippen molar-refractivity contribution in [3.63, 3.8) is 0 Å². The Morgan fingerprint density at radius 3 is 2.52 bits per heavy atom. The second-order valence-corrected chi connectivity index (χ2v) is 10.6. The van der Waals surface area contributed by atoms with Crippen LogP contribution in [0.15, 0.2) is 71.8 Å². The van der Waals surface area contributed by atoms with Crippen molar-refractivity contribution in [1.29, 1.82) is 0 Å². The fraction of sp³-hybridized carbons (Fsp3) is 0.280. The molecule has 8 heteroatoms. The maximum atomic E-state index is 5.98. The summed E-state index contributed by atoms with van der Waals surface area (Å²) in [5, 5.41) is 2.05. The number of pyridine rings is 1. The number of nitrogens with zero attached hydrogens (tertiary/aromatic N) is 3. The Labute approximate surface area is 206 Å². The number of ether oxygens (including phenoxy) is 2. The zero-order valence-electron chi connectivity index (χ0n) is 18.0. The monoisotopic (exact) mass is 497 g/mol. The summed E-state index contributed by atoms with van der Waals surface area (Å²) >= 11 is 9.43. The molecule has 2 aromatic heterocycles. The molecule has 0 saturated carbocycles. The molecule has 1 aliphatic heterocycles. The minimum atomic E-state index is 0.593. The van der Waals surface area contributed by atoms with Crippen molar-refractivity contribution < 1.29 is 9.47 Å². The van der Waals surface area contributed by atoms with Crippen LogP contribution in [-0.2, 0) is 0 Å². The third kappa shape index (κ3) is 6.18. The Bertz CT molecular complexity index is 1140. The van der Waals surface area contributed by atoms with E-state index in [1.54, 1.807) is 6.20 Å². The van der Waals surface area contributed by atoms with Crippen molar-refractivity contribution in [3.8, 4) is 16.7 Å². The van der Waals surface area contributed by atoms with Gasteiger partial charge in [0, 0.05) is 27.9 Å². The lowest BCUT2D eigenvalue weighted by atomic mass is 10.1. The van der Waals surface area contributed by atoms with Gasteiger partial charge in [-0.3, -0.25) is 4.90 Å². The summed E-state index contributed by atoms with van der Waals surface area (Å²) in [7, 11) is 0. The summed E-state index contributed by atoms with van der Waals surface area (Å²) in [6, 6.07) is 19.7. The highest BCUT2D eigenvalue weighted by atomic mass is 35.5. The number of hydrogen-bond donors (Lipinski definition) is 0. The first-order chi connectivity index (χ1) is 16.2. The fourth-order valence-electron chi connectivity index (χ4n) is 3.75. The molecule has 5 rings (SSSR count). The van der Waals surface area contributed by atoms with Crippen LogP contribution >= 0.6 is 34.7 Å². The van der Waals surface area contributed by atoms with Gasteiger partial charge in [0.2, 0.25) is 0 Å². The van der Waals surface area contributed by atoms with Gasteiger partial charge in [0.15, 0.2) is 5.65 Å². The molecule has 5 nitrogen and oxygen atoms in total. The van der Waals surface area contributed by atoms with E-state index in [-0.39, 0.29) is 0 Å². The molecule has 4 aromatic rings. The molecule has 1 aliphatic rings. The predicted molar refractivity (Wildman–Crippen MR) is 136 cm³/mol. The van der Waals surface area contributed by atoms with Crippen molar-refractivity contribution in [3.05, 3.63) is 71.9 Å². The van der Waals surface area contributed by atoms with E-state index < -0.39 is 0 Å². The Morgan fingerprint density at radius 2 is 1.76 bits per heavy atom. The smallest absolute Gasteiger partial charge is 0.281 e. The van der Waals surface area contributed by atoms with Crippen LogP contribution in [0.2, 0.25) is 5.02 Å². The van der Waals surface area contributed by atoms with Crippen LogP contribution < -0.4 is 9.47 Å². The van der Waals surface area contributed by atoms with Gasteiger partial charge in [-0.15, -0.1) is 11.8 Å². The molecule has 33 heavy (non-hydrogen) atoms. The van der Waals surface area contributed by atoms with Crippen LogP contribution in [0.5, 0.6) is 16.7 Å². The third-order valence-corrected chi connectivity index (χ3v) is 7.99. The zero-order chi connectivity index (χ0) is 22.5. The average molecular weight is 498 g/mol. The van der Waals surface area contributed by atoms with Crippen molar-refractivity contribution in [2.75, 3.05) is 26.2 Å². The maximum Gasteiger partial charge on any atom is 0.281 e. The largest absolute Gasteiger partial charge is 0.492 e. The molecule has 2 aromatic carbocycles. The Balaban J connectivity index is 1.03. The van der Waals surface area contributed by atoms with E-state index in [4.69, 9.17) is 21.1 Å². The number of halogens is 1. The molecular formula is C25H24ClN3O2S2. The highest BCUT2D eigenvalue weighted by Crippen LogP contribution is 2.32. The summed E-state index contributed by atoms with van der Waals surface area (Å²) in [6.45, 7) is 3.84. The van der Waals surface area contributed by atoms with Crippen molar-refractivity contribution in [2.45, 2.75) is 23.0 Å². The number of rotatable bonds is 8. The summed E-state index contributed by atoms with van der Waals surface area (Å²) in [5.74, 6) is 1.59. The molecule has 0 amide bonds. The lowest BCUT2D eigenvalue weighted by Crippen LogP contribution is -2.37. The Kier molecular flexibility index (Phi) is 7.31. The van der Waals surface area contributed by atoms with Gasteiger partial charge in [-0.05, 0) is 86.6 Å². The predicted octanol–water partition coefficient (Wildman–Crippen LogP) is 6.77.